The van der Waals surface area contributed by atoms with Gasteiger partial charge in [0.2, 0.25) is 0 Å². The summed E-state index contributed by atoms with van der Waals surface area (Å²) in [6.45, 7) is 0. The van der Waals surface area contributed by atoms with Crippen LogP contribution in [0.4, 0.5) is 0 Å². The van der Waals surface area contributed by atoms with E-state index in [1.165, 1.54) is 11.3 Å². The third-order valence-corrected chi connectivity index (χ3v) is 4.71. The third-order valence-electron chi connectivity index (χ3n) is 3.08. The number of nitrogens with zero attached hydrogens (tertiary/aromatic N) is 3. The lowest BCUT2D eigenvalue weighted by Gasteiger charge is -2.12. The molecule has 2 heterocycles. The van der Waals surface area contributed by atoms with Crippen LogP contribution in [-0.2, 0) is 5.33 Å². The lowest BCUT2D eigenvalue weighted by Crippen LogP contribution is -2.10. The maximum absolute atomic E-state index is 11.7. The quantitative estimate of drug-likeness (QED) is 0.640. The Morgan fingerprint density at radius 2 is 2.09 bits per heavy atom. The van der Waals surface area contributed by atoms with Gasteiger partial charge in [0.1, 0.15) is 5.56 Å². The number of carboxylic acid groups (broad SMARTS) is 1. The van der Waals surface area contributed by atoms with Gasteiger partial charge in [-0.3, -0.25) is 0 Å². The van der Waals surface area contributed by atoms with Gasteiger partial charge in [-0.15, -0.1) is 11.3 Å². The highest BCUT2D eigenvalue weighted by Gasteiger charge is 2.23. The van der Waals surface area contributed by atoms with Gasteiger partial charge in [-0.1, -0.05) is 45.7 Å². The molecule has 0 amide bonds. The molecule has 0 aliphatic carbocycles. The first kappa shape index (κ1) is 16.0. The van der Waals surface area contributed by atoms with Crippen molar-refractivity contribution < 1.29 is 9.90 Å². The molecule has 3 rings (SSSR count). The molecule has 0 saturated carbocycles. The standard InChI is InChI=1S/C15H9BrClN3O2S/c16-7-10-11(15(21)22)12(8-3-1-2-4-9(8)17)20-13(19-10)14-18-5-6-23-14/h1-6H,7H2,(H,21,22). The molecule has 5 nitrogen and oxygen atoms in total. The van der Waals surface area contributed by atoms with Crippen LogP contribution < -0.4 is 0 Å². The van der Waals surface area contributed by atoms with E-state index >= 15 is 0 Å². The highest BCUT2D eigenvalue weighted by Crippen LogP contribution is 2.32. The van der Waals surface area contributed by atoms with Crippen molar-refractivity contribution in [2.45, 2.75) is 5.33 Å². The molecule has 0 bridgehead atoms. The number of hydrogen-bond acceptors (Lipinski definition) is 5. The van der Waals surface area contributed by atoms with E-state index in [0.29, 0.717) is 27.1 Å². The SMILES string of the molecule is O=C(O)c1c(CBr)nc(-c2nccs2)nc1-c1ccccc1Cl. The minimum absolute atomic E-state index is 0.0373. The number of halogens is 2. The minimum atomic E-state index is -1.10. The van der Waals surface area contributed by atoms with Crippen molar-refractivity contribution in [2.24, 2.45) is 0 Å². The fourth-order valence-corrected chi connectivity index (χ4v) is 3.31. The van der Waals surface area contributed by atoms with Crippen molar-refractivity contribution in [3.05, 3.63) is 52.1 Å². The second-order valence-corrected chi connectivity index (χ2v) is 6.34. The highest BCUT2D eigenvalue weighted by molar-refractivity contribution is 9.08. The molecule has 0 spiro atoms. The zero-order valence-electron chi connectivity index (χ0n) is 11.5. The number of carboxylic acids is 1. The van der Waals surface area contributed by atoms with Gasteiger partial charge < -0.3 is 5.11 Å². The summed E-state index contributed by atoms with van der Waals surface area (Å²) in [4.78, 5) is 24.7. The van der Waals surface area contributed by atoms with Crippen LogP contribution in [0, 0.1) is 0 Å². The van der Waals surface area contributed by atoms with E-state index in [1.807, 2.05) is 5.38 Å². The van der Waals surface area contributed by atoms with Gasteiger partial charge in [0.05, 0.1) is 11.4 Å². The minimum Gasteiger partial charge on any atom is -0.478 e. The number of benzene rings is 1. The first-order valence-corrected chi connectivity index (χ1v) is 8.84. The topological polar surface area (TPSA) is 76.0 Å². The summed E-state index contributed by atoms with van der Waals surface area (Å²) < 4.78 is 0. The molecule has 0 atom stereocenters. The van der Waals surface area contributed by atoms with Crippen LogP contribution in [0.5, 0.6) is 0 Å². The Hall–Kier alpha value is -1.83. The van der Waals surface area contributed by atoms with Gasteiger partial charge in [0, 0.05) is 27.5 Å². The Bertz CT molecular complexity index is 871. The largest absolute Gasteiger partial charge is 0.478 e. The second-order valence-electron chi connectivity index (χ2n) is 4.47. The molecule has 1 aromatic carbocycles. The van der Waals surface area contributed by atoms with Gasteiger partial charge in [0.25, 0.3) is 0 Å². The Kier molecular flexibility index (Phi) is 4.70. The summed E-state index contributed by atoms with van der Waals surface area (Å²) in [5, 5.41) is 12.7. The monoisotopic (exact) mass is 409 g/mol. The molecule has 0 aliphatic heterocycles. The zero-order valence-corrected chi connectivity index (χ0v) is 14.7. The summed E-state index contributed by atoms with van der Waals surface area (Å²) in [6, 6.07) is 6.99. The summed E-state index contributed by atoms with van der Waals surface area (Å²) >= 11 is 10.9. The summed E-state index contributed by atoms with van der Waals surface area (Å²) in [5.74, 6) is -0.713. The lowest BCUT2D eigenvalue weighted by atomic mass is 10.0. The van der Waals surface area contributed by atoms with Crippen molar-refractivity contribution in [1.82, 2.24) is 15.0 Å². The Balaban J connectivity index is 2.33. The third kappa shape index (κ3) is 3.12. The van der Waals surface area contributed by atoms with E-state index in [2.05, 4.69) is 30.9 Å². The number of rotatable bonds is 4. The van der Waals surface area contributed by atoms with Crippen molar-refractivity contribution >= 4 is 44.8 Å². The predicted molar refractivity (Wildman–Crippen MR) is 93.2 cm³/mol. The van der Waals surface area contributed by atoms with Crippen molar-refractivity contribution in [3.8, 4) is 22.1 Å². The fourth-order valence-electron chi connectivity index (χ4n) is 2.11. The van der Waals surface area contributed by atoms with Gasteiger partial charge in [-0.25, -0.2) is 19.7 Å². The van der Waals surface area contributed by atoms with Gasteiger partial charge in [-0.2, -0.15) is 0 Å². The van der Waals surface area contributed by atoms with Gasteiger partial charge in [-0.05, 0) is 6.07 Å². The maximum Gasteiger partial charge on any atom is 0.339 e. The summed E-state index contributed by atoms with van der Waals surface area (Å²) in [5.41, 5.74) is 1.26. The molecule has 3 aromatic rings. The number of aromatic carboxylic acids is 1. The number of aromatic nitrogens is 3. The van der Waals surface area contributed by atoms with Crippen LogP contribution in [0.1, 0.15) is 16.1 Å². The average Bonchev–Trinajstić information content (AvgIpc) is 3.08. The van der Waals surface area contributed by atoms with Crippen molar-refractivity contribution in [3.63, 3.8) is 0 Å². The molecular formula is C15H9BrClN3O2S. The smallest absolute Gasteiger partial charge is 0.339 e. The molecule has 0 aliphatic rings. The Labute approximate surface area is 149 Å². The summed E-state index contributed by atoms with van der Waals surface area (Å²) in [7, 11) is 0. The van der Waals surface area contributed by atoms with Gasteiger partial charge in [0.15, 0.2) is 10.8 Å². The van der Waals surface area contributed by atoms with Crippen LogP contribution in [0.3, 0.4) is 0 Å². The maximum atomic E-state index is 11.7. The van der Waals surface area contributed by atoms with Crippen molar-refractivity contribution in [2.75, 3.05) is 0 Å². The molecular weight excluding hydrogens is 402 g/mol. The van der Waals surface area contributed by atoms with Crippen LogP contribution in [0.15, 0.2) is 35.8 Å². The van der Waals surface area contributed by atoms with E-state index < -0.39 is 5.97 Å². The van der Waals surface area contributed by atoms with E-state index in [0.717, 1.165) is 0 Å². The molecule has 0 radical (unpaired) electrons. The van der Waals surface area contributed by atoms with Crippen LogP contribution >= 0.6 is 38.9 Å². The molecule has 0 fully saturated rings. The molecule has 23 heavy (non-hydrogen) atoms. The average molecular weight is 411 g/mol. The number of thiazole rings is 1. The molecule has 8 heteroatoms. The van der Waals surface area contributed by atoms with Crippen LogP contribution in [0.2, 0.25) is 5.02 Å². The molecule has 1 N–H and O–H groups in total. The molecule has 0 saturated heterocycles. The first-order valence-electron chi connectivity index (χ1n) is 6.46. The lowest BCUT2D eigenvalue weighted by molar-refractivity contribution is 0.0696. The second kappa shape index (κ2) is 6.74. The normalized spacial score (nSPS) is 10.7. The highest BCUT2D eigenvalue weighted by atomic mass is 79.9. The van der Waals surface area contributed by atoms with E-state index in [4.69, 9.17) is 11.6 Å². The number of hydrogen-bond donors (Lipinski definition) is 1. The van der Waals surface area contributed by atoms with Gasteiger partial charge >= 0.3 is 5.97 Å². The Morgan fingerprint density at radius 3 is 2.70 bits per heavy atom. The number of carbonyl (C=O) groups is 1. The zero-order chi connectivity index (χ0) is 16.4. The predicted octanol–water partition coefficient (Wildman–Crippen LogP) is 4.51. The van der Waals surface area contributed by atoms with Crippen molar-refractivity contribution in [1.29, 1.82) is 0 Å². The number of alkyl halides is 1. The fraction of sp³-hybridized carbons (Fsp3) is 0.0667. The van der Waals surface area contributed by atoms with Crippen LogP contribution in [0.25, 0.3) is 22.1 Å². The van der Waals surface area contributed by atoms with Crippen LogP contribution in [-0.4, -0.2) is 26.0 Å². The summed E-state index contributed by atoms with van der Waals surface area (Å²) in [6.07, 6.45) is 1.65. The Morgan fingerprint density at radius 1 is 1.30 bits per heavy atom. The van der Waals surface area contributed by atoms with E-state index in [9.17, 15) is 9.90 Å². The molecule has 2 aromatic heterocycles. The molecule has 116 valence electrons. The molecule has 0 unspecified atom stereocenters. The van der Waals surface area contributed by atoms with E-state index in [1.54, 1.807) is 30.5 Å². The first-order chi connectivity index (χ1) is 11.1. The van der Waals surface area contributed by atoms with E-state index in [-0.39, 0.29) is 16.6 Å².